The van der Waals surface area contributed by atoms with Gasteiger partial charge in [0, 0.05) is 19.0 Å². The van der Waals surface area contributed by atoms with Crippen LogP contribution in [0.5, 0.6) is 0 Å². The lowest BCUT2D eigenvalue weighted by molar-refractivity contribution is 0.574. The zero-order valence-corrected chi connectivity index (χ0v) is 28.5. The van der Waals surface area contributed by atoms with Gasteiger partial charge in [0.15, 0.2) is 0 Å². The molecule has 236 valence electrons. The SMILES string of the molecule is C#CCc1ccc(C(C)(C)C)cc1.CC(C)(C)c1ccc(CC2N=[N+]=NN2)cc1.CC(C)(C)c1ccc(Cn2ccnn2)cc1. The topological polar surface area (TPSA) is 81.6 Å². The van der Waals surface area contributed by atoms with E-state index in [0.29, 0.717) is 0 Å². The van der Waals surface area contributed by atoms with Crippen molar-refractivity contribution in [3.05, 3.63) is 119 Å². The van der Waals surface area contributed by atoms with Gasteiger partial charge in [0.05, 0.1) is 22.8 Å². The fourth-order valence-corrected chi connectivity index (χ4v) is 4.51. The van der Waals surface area contributed by atoms with Crippen LogP contribution < -0.4 is 10.3 Å². The Bertz CT molecular complexity index is 1550. The molecule has 1 aromatic heterocycles. The van der Waals surface area contributed by atoms with E-state index in [-0.39, 0.29) is 22.4 Å². The van der Waals surface area contributed by atoms with Crippen molar-refractivity contribution < 1.29 is 0 Å². The second-order valence-corrected chi connectivity index (χ2v) is 14.5. The Morgan fingerprint density at radius 2 is 1.18 bits per heavy atom. The van der Waals surface area contributed by atoms with Crippen LogP contribution in [0.3, 0.4) is 0 Å². The Balaban J connectivity index is 0.000000185. The minimum absolute atomic E-state index is 0.000451. The predicted octanol–water partition coefficient (Wildman–Crippen LogP) is 8.13. The molecule has 0 fully saturated rings. The molecule has 0 radical (unpaired) electrons. The maximum absolute atomic E-state index is 5.23. The summed E-state index contributed by atoms with van der Waals surface area (Å²) in [7, 11) is 0. The quantitative estimate of drug-likeness (QED) is 0.184. The minimum atomic E-state index is 0.000451. The largest absolute Gasteiger partial charge is 0.266 e. The van der Waals surface area contributed by atoms with Crippen LogP contribution in [-0.2, 0) is 35.6 Å². The molecular formula is C38H50N7+. The Morgan fingerprint density at radius 1 is 0.711 bits per heavy atom. The van der Waals surface area contributed by atoms with E-state index >= 15 is 0 Å². The molecule has 7 nitrogen and oxygen atoms in total. The molecule has 0 saturated heterocycles. The lowest BCUT2D eigenvalue weighted by Gasteiger charge is -2.19. The molecule has 5 rings (SSSR count). The van der Waals surface area contributed by atoms with Gasteiger partial charge in [-0.2, -0.15) is 0 Å². The van der Waals surface area contributed by atoms with Crippen LogP contribution in [0.1, 0.15) is 95.7 Å². The standard InChI is InChI=1S/C13H17N3.C13H16.C12H16N4/c1-13(2,3)12-6-4-11(5-7-12)10-16-9-8-14-15-16;1-5-6-11-7-9-12(10-8-11)13(2,3)4;1-12(2,3)10-6-4-9(5-7-10)8-11-13-15-16-14-11/h4-9H,10H2,1-3H3;1,7-10H,6H2,2-4H3;4-7,11H,8H2,1-3H3/p+1. The van der Waals surface area contributed by atoms with E-state index in [2.05, 4.69) is 172 Å². The highest BCUT2D eigenvalue weighted by molar-refractivity contribution is 5.30. The first kappa shape index (κ1) is 35.0. The van der Waals surface area contributed by atoms with Gasteiger partial charge in [0.25, 0.3) is 6.17 Å². The molecule has 7 heteroatoms. The van der Waals surface area contributed by atoms with Crippen molar-refractivity contribution in [1.29, 1.82) is 0 Å². The maximum atomic E-state index is 5.23. The van der Waals surface area contributed by atoms with Gasteiger partial charge >= 0.3 is 0 Å². The van der Waals surface area contributed by atoms with E-state index < -0.39 is 0 Å². The molecule has 1 N–H and O–H groups in total. The number of rotatable bonds is 5. The molecule has 3 aromatic carbocycles. The Labute approximate surface area is 270 Å². The molecule has 1 aliphatic rings. The highest BCUT2D eigenvalue weighted by atomic mass is 15.5. The van der Waals surface area contributed by atoms with E-state index in [0.717, 1.165) is 19.4 Å². The van der Waals surface area contributed by atoms with Crippen molar-refractivity contribution in [2.24, 2.45) is 10.3 Å². The van der Waals surface area contributed by atoms with Gasteiger partial charge in [-0.1, -0.05) is 140 Å². The second kappa shape index (κ2) is 15.5. The van der Waals surface area contributed by atoms with Crippen LogP contribution in [0.15, 0.2) is 95.5 Å². The van der Waals surface area contributed by atoms with Gasteiger partial charge in [-0.15, -0.1) is 22.9 Å². The van der Waals surface area contributed by atoms with Crippen molar-refractivity contribution in [3.63, 3.8) is 0 Å². The molecule has 1 atom stereocenters. The van der Waals surface area contributed by atoms with Crippen LogP contribution in [0.25, 0.3) is 0 Å². The lowest BCUT2D eigenvalue weighted by atomic mass is 9.86. The number of hydrogen-bond acceptors (Lipinski definition) is 5. The number of nitrogens with one attached hydrogen (secondary N) is 1. The molecule has 0 bridgehead atoms. The van der Waals surface area contributed by atoms with Gasteiger partial charge in [-0.05, 0) is 49.6 Å². The fraction of sp³-hybridized carbons (Fsp3) is 0.421. The number of terminal acetylenes is 1. The van der Waals surface area contributed by atoms with Crippen molar-refractivity contribution >= 4 is 0 Å². The van der Waals surface area contributed by atoms with Crippen LogP contribution in [0.4, 0.5) is 0 Å². The molecule has 0 amide bonds. The molecule has 0 saturated carbocycles. The summed E-state index contributed by atoms with van der Waals surface area (Å²) in [6.07, 6.45) is 10.4. The average Bonchev–Trinajstić information content (AvgIpc) is 3.68. The number of benzene rings is 3. The van der Waals surface area contributed by atoms with Gasteiger partial charge in [-0.3, -0.25) is 0 Å². The average molecular weight is 605 g/mol. The van der Waals surface area contributed by atoms with Gasteiger partial charge in [-0.25, -0.2) is 4.68 Å². The maximum Gasteiger partial charge on any atom is 0.266 e. The van der Waals surface area contributed by atoms with Crippen molar-refractivity contribution in [3.8, 4) is 12.3 Å². The van der Waals surface area contributed by atoms with E-state index in [1.165, 1.54) is 33.4 Å². The van der Waals surface area contributed by atoms with Gasteiger partial charge < -0.3 is 0 Å². The van der Waals surface area contributed by atoms with Crippen LogP contribution >= 0.6 is 0 Å². The zero-order chi connectivity index (χ0) is 33.1. The Morgan fingerprint density at radius 3 is 1.56 bits per heavy atom. The summed E-state index contributed by atoms with van der Waals surface area (Å²) in [6, 6.07) is 25.9. The summed E-state index contributed by atoms with van der Waals surface area (Å²) >= 11 is 0. The summed E-state index contributed by atoms with van der Waals surface area (Å²) in [5, 5.41) is 15.3. The smallest absolute Gasteiger partial charge is 0.248 e. The molecular weight excluding hydrogens is 554 g/mol. The van der Waals surface area contributed by atoms with Gasteiger partial charge in [0.1, 0.15) is 0 Å². The fourth-order valence-electron chi connectivity index (χ4n) is 4.51. The molecule has 45 heavy (non-hydrogen) atoms. The Kier molecular flexibility index (Phi) is 12.0. The number of hydrogen-bond donors (Lipinski definition) is 1. The predicted molar refractivity (Wildman–Crippen MR) is 185 cm³/mol. The van der Waals surface area contributed by atoms with Crippen LogP contribution in [-0.4, -0.2) is 21.2 Å². The second-order valence-electron chi connectivity index (χ2n) is 14.5. The summed E-state index contributed by atoms with van der Waals surface area (Å²) in [6.45, 7) is 20.7. The van der Waals surface area contributed by atoms with Crippen molar-refractivity contribution in [2.75, 3.05) is 0 Å². The molecule has 0 spiro atoms. The summed E-state index contributed by atoms with van der Waals surface area (Å²) in [5.74, 6) is 2.64. The van der Waals surface area contributed by atoms with E-state index in [1.807, 2.05) is 10.9 Å². The number of nitrogens with zero attached hydrogens (tertiary/aromatic N) is 6. The minimum Gasteiger partial charge on any atom is -0.248 e. The van der Waals surface area contributed by atoms with Crippen molar-refractivity contribution in [2.45, 2.75) is 104 Å². The summed E-state index contributed by atoms with van der Waals surface area (Å²) in [4.78, 5) is 3.56. The summed E-state index contributed by atoms with van der Waals surface area (Å²) < 4.78 is 1.83. The third-order valence-electron chi connectivity index (χ3n) is 7.45. The lowest BCUT2D eigenvalue weighted by Crippen LogP contribution is -2.20. The molecule has 0 aliphatic carbocycles. The summed E-state index contributed by atoms with van der Waals surface area (Å²) in [5.41, 5.74) is 11.3. The molecule has 1 unspecified atom stereocenters. The molecule has 1 aliphatic heterocycles. The Hall–Kier alpha value is -4.53. The molecule has 4 aromatic rings. The van der Waals surface area contributed by atoms with E-state index in [4.69, 9.17) is 6.42 Å². The van der Waals surface area contributed by atoms with Crippen molar-refractivity contribution in [1.82, 2.24) is 25.3 Å². The number of aromatic nitrogens is 3. The third-order valence-corrected chi connectivity index (χ3v) is 7.45. The highest BCUT2D eigenvalue weighted by Gasteiger charge is 2.19. The van der Waals surface area contributed by atoms with Gasteiger partial charge in [0.2, 0.25) is 5.22 Å². The zero-order valence-electron chi connectivity index (χ0n) is 28.5. The first-order valence-corrected chi connectivity index (χ1v) is 15.6. The highest BCUT2D eigenvalue weighted by Crippen LogP contribution is 2.24. The first-order chi connectivity index (χ1) is 21.1. The van der Waals surface area contributed by atoms with Crippen LogP contribution in [0.2, 0.25) is 0 Å². The molecule has 2 heterocycles. The normalized spacial score (nSPS) is 14.0. The van der Waals surface area contributed by atoms with E-state index in [9.17, 15) is 0 Å². The van der Waals surface area contributed by atoms with Crippen LogP contribution in [0, 0.1) is 12.3 Å². The monoisotopic (exact) mass is 604 g/mol. The van der Waals surface area contributed by atoms with E-state index in [1.54, 1.807) is 6.20 Å². The third kappa shape index (κ3) is 11.8. The first-order valence-electron chi connectivity index (χ1n) is 15.6.